The summed E-state index contributed by atoms with van der Waals surface area (Å²) in [6.45, 7) is 25.4. The van der Waals surface area contributed by atoms with Crippen LogP contribution in [0.2, 0.25) is 0 Å². The molecule has 20 heteroatoms. The summed E-state index contributed by atoms with van der Waals surface area (Å²) in [6, 6.07) is 0. The first kappa shape index (κ1) is 61.0. The number of esters is 8. The summed E-state index contributed by atoms with van der Waals surface area (Å²) < 4.78 is 72.7. The Balaban J connectivity index is 1.27. The molecular formula is C58H86O20. The van der Waals surface area contributed by atoms with E-state index in [1.807, 2.05) is 0 Å². The molecule has 7 aliphatic rings. The minimum Gasteiger partial charge on any atom is -0.465 e. The Labute approximate surface area is 458 Å². The second kappa shape index (κ2) is 23.1. The van der Waals surface area contributed by atoms with Crippen molar-refractivity contribution in [3.05, 3.63) is 11.6 Å². The van der Waals surface area contributed by atoms with E-state index in [0.717, 1.165) is 99.3 Å². The van der Waals surface area contributed by atoms with Gasteiger partial charge in [-0.25, -0.2) is 0 Å². The predicted molar refractivity (Wildman–Crippen MR) is 274 cm³/mol. The van der Waals surface area contributed by atoms with Gasteiger partial charge < -0.3 is 56.8 Å². The molecule has 0 spiro atoms. The van der Waals surface area contributed by atoms with E-state index < -0.39 is 128 Å². The third kappa shape index (κ3) is 12.2. The zero-order valence-corrected chi connectivity index (χ0v) is 48.5. The molecule has 0 amide bonds. The summed E-state index contributed by atoms with van der Waals surface area (Å²) in [4.78, 5) is 101. The van der Waals surface area contributed by atoms with Crippen molar-refractivity contribution in [1.29, 1.82) is 0 Å². The number of carbonyl (C=O) groups excluding carboxylic acids is 8. The van der Waals surface area contributed by atoms with Gasteiger partial charge in [0.1, 0.15) is 25.4 Å². The normalized spacial score (nSPS) is 40.3. The molecule has 20 nitrogen and oxygen atoms in total. The van der Waals surface area contributed by atoms with Crippen LogP contribution in [0.1, 0.15) is 168 Å². The summed E-state index contributed by atoms with van der Waals surface area (Å²) >= 11 is 0. The summed E-state index contributed by atoms with van der Waals surface area (Å²) in [5, 5.41) is 0. The molecule has 0 aromatic carbocycles. The lowest BCUT2D eigenvalue weighted by Crippen LogP contribution is -2.68. The van der Waals surface area contributed by atoms with Gasteiger partial charge in [0, 0.05) is 60.8 Å². The standard InChI is InChI=1S/C58H86O20/c1-30(59)67-27-40-46(71-34(5)63)48(73-36(7)65)50(78-52-49(74-37(8)66)47(72-35(6)64)45(70-33(4)62)41(76-52)28-68-31(2)60)51(75-40)77-44-19-20-55(13)42(54(44,11)12)18-21-57(15)43(55)17-16-38-39-26-53(9,10)22-24-58(39,29-69-32(3)61)25-23-56(38,57)14/h16,39-52H,17-29H2,1-15H3/t39-,40+,41+,42-,43+,44-,45+,46+,47-,48-,49+,50+,51-,52-,55-,56+,57+,58+/m0/s1. The monoisotopic (exact) mass is 1100 g/mol. The fourth-order valence-corrected chi connectivity index (χ4v) is 15.8. The van der Waals surface area contributed by atoms with Crippen molar-refractivity contribution >= 4 is 47.8 Å². The van der Waals surface area contributed by atoms with E-state index in [9.17, 15) is 38.4 Å². The Hall–Kier alpha value is -4.66. The molecule has 0 N–H and O–H groups in total. The highest BCUT2D eigenvalue weighted by atomic mass is 16.8. The van der Waals surface area contributed by atoms with Crippen LogP contribution in [0, 0.1) is 50.2 Å². The van der Waals surface area contributed by atoms with Crippen LogP contribution in [0.25, 0.3) is 0 Å². The Kier molecular flexibility index (Phi) is 18.0. The third-order valence-electron chi connectivity index (χ3n) is 19.5. The van der Waals surface area contributed by atoms with Crippen LogP contribution >= 0.6 is 0 Å². The molecule has 0 aromatic heterocycles. The Morgan fingerprint density at radius 2 is 0.974 bits per heavy atom. The van der Waals surface area contributed by atoms with Crippen molar-refractivity contribution in [3.63, 3.8) is 0 Å². The highest BCUT2D eigenvalue weighted by Gasteiger charge is 2.69. The van der Waals surface area contributed by atoms with Gasteiger partial charge in [0.2, 0.25) is 0 Å². The molecule has 18 atom stereocenters. The lowest BCUT2D eigenvalue weighted by atomic mass is 9.33. The molecular weight excluding hydrogens is 1020 g/mol. The molecule has 4 saturated carbocycles. The van der Waals surface area contributed by atoms with E-state index in [-0.39, 0.29) is 39.0 Å². The fourth-order valence-electron chi connectivity index (χ4n) is 15.8. The summed E-state index contributed by atoms with van der Waals surface area (Å²) in [5.74, 6) is -5.15. The summed E-state index contributed by atoms with van der Waals surface area (Å²) in [5.41, 5.74) is 0.750. The average molecular weight is 1100 g/mol. The lowest BCUT2D eigenvalue weighted by molar-refractivity contribution is -0.379. The smallest absolute Gasteiger partial charge is 0.303 e. The maximum Gasteiger partial charge on any atom is 0.303 e. The number of carbonyl (C=O) groups is 8. The fraction of sp³-hybridized carbons (Fsp3) is 0.828. The number of fused-ring (bicyclic) bond motifs is 7. The third-order valence-corrected chi connectivity index (χ3v) is 19.5. The van der Waals surface area contributed by atoms with Crippen LogP contribution in [0.3, 0.4) is 0 Å². The largest absolute Gasteiger partial charge is 0.465 e. The van der Waals surface area contributed by atoms with E-state index >= 15 is 0 Å². The van der Waals surface area contributed by atoms with E-state index in [0.29, 0.717) is 24.9 Å². The molecule has 2 heterocycles. The number of rotatable bonds is 15. The molecule has 2 aliphatic heterocycles. The molecule has 78 heavy (non-hydrogen) atoms. The molecule has 2 saturated heterocycles. The van der Waals surface area contributed by atoms with Crippen LogP contribution in [0.15, 0.2) is 11.6 Å². The molecule has 0 aromatic rings. The molecule has 0 bridgehead atoms. The van der Waals surface area contributed by atoms with Gasteiger partial charge in [0.25, 0.3) is 0 Å². The van der Waals surface area contributed by atoms with Crippen LogP contribution in [0.5, 0.6) is 0 Å². The highest BCUT2D eigenvalue weighted by molar-refractivity contribution is 5.69. The molecule has 0 unspecified atom stereocenters. The van der Waals surface area contributed by atoms with Crippen LogP contribution in [0.4, 0.5) is 0 Å². The van der Waals surface area contributed by atoms with Gasteiger partial charge >= 0.3 is 47.8 Å². The summed E-state index contributed by atoms with van der Waals surface area (Å²) in [7, 11) is 0. The highest BCUT2D eigenvalue weighted by Crippen LogP contribution is 2.76. The second-order valence-electron chi connectivity index (χ2n) is 25.5. The second-order valence-corrected chi connectivity index (χ2v) is 25.5. The van der Waals surface area contributed by atoms with Gasteiger partial charge in [-0.15, -0.1) is 0 Å². The van der Waals surface area contributed by atoms with Crippen LogP contribution in [-0.4, -0.2) is 135 Å². The van der Waals surface area contributed by atoms with Crippen molar-refractivity contribution in [1.82, 2.24) is 0 Å². The maximum absolute atomic E-state index is 13.2. The van der Waals surface area contributed by atoms with Gasteiger partial charge in [-0.1, -0.05) is 60.1 Å². The van der Waals surface area contributed by atoms with Crippen molar-refractivity contribution in [2.45, 2.75) is 236 Å². The van der Waals surface area contributed by atoms with Gasteiger partial charge in [-0.3, -0.25) is 38.4 Å². The quantitative estimate of drug-likeness (QED) is 0.0672. The first-order valence-corrected chi connectivity index (χ1v) is 27.9. The Morgan fingerprint density at radius 3 is 1.49 bits per heavy atom. The zero-order chi connectivity index (χ0) is 57.7. The average Bonchev–Trinajstić information content (AvgIpc) is 3.42. The van der Waals surface area contributed by atoms with Crippen molar-refractivity contribution in [2.75, 3.05) is 19.8 Å². The summed E-state index contributed by atoms with van der Waals surface area (Å²) in [6.07, 6.45) is -4.33. The van der Waals surface area contributed by atoms with Crippen LogP contribution < -0.4 is 0 Å². The number of hydrogen-bond donors (Lipinski definition) is 0. The van der Waals surface area contributed by atoms with E-state index in [2.05, 4.69) is 54.5 Å². The van der Waals surface area contributed by atoms with Crippen LogP contribution in [-0.2, 0) is 95.2 Å². The minimum atomic E-state index is -1.80. The van der Waals surface area contributed by atoms with Gasteiger partial charge in [0.05, 0.1) is 12.7 Å². The lowest BCUT2D eigenvalue weighted by Gasteiger charge is -2.71. The molecule has 5 aliphatic carbocycles. The predicted octanol–water partition coefficient (Wildman–Crippen LogP) is 7.36. The Bertz CT molecular complexity index is 2340. The van der Waals surface area contributed by atoms with Gasteiger partial charge in [-0.2, -0.15) is 0 Å². The molecule has 0 radical (unpaired) electrons. The molecule has 6 fully saturated rings. The van der Waals surface area contributed by atoms with E-state index in [4.69, 9.17) is 56.8 Å². The minimum absolute atomic E-state index is 0.0517. The molecule has 7 rings (SSSR count). The van der Waals surface area contributed by atoms with E-state index in [1.165, 1.54) is 13.8 Å². The topological polar surface area (TPSA) is 247 Å². The maximum atomic E-state index is 13.2. The van der Waals surface area contributed by atoms with Crippen molar-refractivity contribution in [2.24, 2.45) is 50.2 Å². The van der Waals surface area contributed by atoms with Crippen molar-refractivity contribution in [3.8, 4) is 0 Å². The van der Waals surface area contributed by atoms with Crippen molar-refractivity contribution < 1.29 is 95.2 Å². The number of hydrogen-bond acceptors (Lipinski definition) is 20. The SMILES string of the molecule is CC(=O)OC[C@H]1O[C@@H](O[C@H]2[C@H](O[C@H]3CC[C@]4(C)[C@H]5CC=C6[C@@H]7CC(C)(C)CC[C@]7(COC(C)=O)CC[C@@]6(C)[C@]5(C)CC[C@H]4C3(C)C)O[C@H](COC(C)=O)[C@@H](OC(C)=O)[C@@H]2OC(C)=O)[C@H](OC(C)=O)[C@@H](OC(C)=O)[C@@H]1OC(C)=O. The van der Waals surface area contributed by atoms with Gasteiger partial charge in [-0.05, 0) is 109 Å². The number of allylic oxidation sites excluding steroid dienone is 2. The molecule has 438 valence electrons. The zero-order valence-electron chi connectivity index (χ0n) is 48.5. The van der Waals surface area contributed by atoms with E-state index in [1.54, 1.807) is 5.57 Å². The Morgan fingerprint density at radius 1 is 0.500 bits per heavy atom. The van der Waals surface area contributed by atoms with Gasteiger partial charge in [0.15, 0.2) is 49.2 Å². The number of ether oxygens (including phenoxy) is 12. The first-order valence-electron chi connectivity index (χ1n) is 27.9. The first-order chi connectivity index (χ1) is 36.3.